The largest absolute Gasteiger partial charge is 0.293 e. The number of aryl methyl sites for hydroxylation is 1. The summed E-state index contributed by atoms with van der Waals surface area (Å²) in [4.78, 5) is 37.8. The van der Waals surface area contributed by atoms with E-state index in [1.54, 1.807) is 6.07 Å². The van der Waals surface area contributed by atoms with Gasteiger partial charge in [-0.3, -0.25) is 19.4 Å². The van der Waals surface area contributed by atoms with Crippen LogP contribution in [0.1, 0.15) is 75.3 Å². The fraction of sp³-hybridized carbons (Fsp3) is 0.389. The first-order chi connectivity index (χ1) is 21.1. The Morgan fingerprint density at radius 3 is 2.16 bits per heavy atom. The minimum Gasteiger partial charge on any atom is -0.293 e. The molecular formula is C36H39N5O2. The van der Waals surface area contributed by atoms with Crippen molar-refractivity contribution in [3.05, 3.63) is 94.3 Å². The Hall–Kier alpha value is -4.10. The number of nitrogens with zero attached hydrogens (tertiary/aromatic N) is 5. The highest BCUT2D eigenvalue weighted by atomic mass is 16.2. The Morgan fingerprint density at radius 1 is 0.814 bits per heavy atom. The van der Waals surface area contributed by atoms with Crippen LogP contribution in [0.25, 0.3) is 22.3 Å². The number of rotatable bonds is 6. The molecule has 0 atom stereocenters. The van der Waals surface area contributed by atoms with Crippen LogP contribution >= 0.6 is 0 Å². The van der Waals surface area contributed by atoms with E-state index < -0.39 is 0 Å². The summed E-state index contributed by atoms with van der Waals surface area (Å²) in [5, 5.41) is 5.35. The topological polar surface area (TPSA) is 70.8 Å². The Kier molecular flexibility index (Phi) is 7.66. The summed E-state index contributed by atoms with van der Waals surface area (Å²) in [6, 6.07) is 24.0. The summed E-state index contributed by atoms with van der Waals surface area (Å²) in [5.41, 5.74) is 4.07. The third-order valence-corrected chi connectivity index (χ3v) is 9.52. The lowest BCUT2D eigenvalue weighted by atomic mass is 9.89. The van der Waals surface area contributed by atoms with Crippen LogP contribution in [-0.2, 0) is 4.79 Å². The van der Waals surface area contributed by atoms with Crippen molar-refractivity contribution >= 4 is 28.2 Å². The molecule has 7 nitrogen and oxygen atoms in total. The minimum atomic E-state index is -0.288. The molecule has 1 aliphatic heterocycles. The molecule has 7 heteroatoms. The smallest absolute Gasteiger partial charge is 0.282 e. The highest BCUT2D eigenvalue weighted by Crippen LogP contribution is 2.35. The number of hydrogen-bond donors (Lipinski definition) is 0. The minimum absolute atomic E-state index is 0.156. The van der Waals surface area contributed by atoms with Crippen molar-refractivity contribution in [1.82, 2.24) is 14.6 Å². The molecule has 0 N–H and O–H groups in total. The molecule has 2 heterocycles. The van der Waals surface area contributed by atoms with E-state index in [9.17, 15) is 9.59 Å². The van der Waals surface area contributed by atoms with Crippen LogP contribution in [0, 0.1) is 6.92 Å². The van der Waals surface area contributed by atoms with Gasteiger partial charge < -0.3 is 0 Å². The van der Waals surface area contributed by atoms with Gasteiger partial charge in [0.2, 0.25) is 0 Å². The van der Waals surface area contributed by atoms with Gasteiger partial charge in [0, 0.05) is 23.2 Å². The molecule has 2 saturated carbocycles. The first-order valence-corrected chi connectivity index (χ1v) is 15.9. The summed E-state index contributed by atoms with van der Waals surface area (Å²) in [5.74, 6) is 0.264. The van der Waals surface area contributed by atoms with Crippen LogP contribution in [0.5, 0.6) is 0 Å². The average Bonchev–Trinajstić information content (AvgIpc) is 3.31. The van der Waals surface area contributed by atoms with Gasteiger partial charge in [-0.25, -0.2) is 4.98 Å². The quantitative estimate of drug-likeness (QED) is 0.252. The van der Waals surface area contributed by atoms with Crippen LogP contribution in [-0.4, -0.2) is 44.9 Å². The van der Waals surface area contributed by atoms with E-state index in [0.717, 1.165) is 22.4 Å². The molecule has 220 valence electrons. The predicted molar refractivity (Wildman–Crippen MR) is 172 cm³/mol. The average molecular weight is 574 g/mol. The number of anilines is 1. The highest BCUT2D eigenvalue weighted by Gasteiger charge is 2.39. The fourth-order valence-electron chi connectivity index (χ4n) is 7.27. The summed E-state index contributed by atoms with van der Waals surface area (Å²) in [6.07, 6.45) is 12.4. The lowest BCUT2D eigenvalue weighted by Crippen LogP contribution is -2.51. The molecule has 4 aromatic rings. The van der Waals surface area contributed by atoms with Gasteiger partial charge in [0.25, 0.3) is 11.5 Å². The van der Waals surface area contributed by atoms with Crippen molar-refractivity contribution in [2.75, 3.05) is 11.6 Å². The van der Waals surface area contributed by atoms with Crippen LogP contribution in [0.4, 0.5) is 5.69 Å². The number of amides is 1. The van der Waals surface area contributed by atoms with Crippen molar-refractivity contribution < 1.29 is 4.79 Å². The van der Waals surface area contributed by atoms with Crippen LogP contribution < -0.4 is 10.5 Å². The van der Waals surface area contributed by atoms with E-state index in [-0.39, 0.29) is 11.5 Å². The number of hydrogen-bond acceptors (Lipinski definition) is 5. The second-order valence-electron chi connectivity index (χ2n) is 12.4. The summed E-state index contributed by atoms with van der Waals surface area (Å²) < 4.78 is 1.33. The number of carbonyl (C=O) groups is 1. The number of benzene rings is 3. The van der Waals surface area contributed by atoms with Gasteiger partial charge in [0.15, 0.2) is 11.5 Å². The van der Waals surface area contributed by atoms with Crippen LogP contribution in [0.2, 0.25) is 0 Å². The summed E-state index contributed by atoms with van der Waals surface area (Å²) in [6.45, 7) is 2.58. The van der Waals surface area contributed by atoms with Gasteiger partial charge in [-0.2, -0.15) is 9.78 Å². The second kappa shape index (κ2) is 11.9. The lowest BCUT2D eigenvalue weighted by molar-refractivity contribution is -0.113. The molecule has 0 radical (unpaired) electrons. The number of para-hydroxylation sites is 1. The standard InChI is InChI=1S/C36H39N5O2/c1-25-21-22-32-30(23-25)33(36(43)40(32)24-39(27-15-7-3-8-16-27)28-17-9-4-10-18-28)38-41-34(26-13-5-2-6-14-26)37-31-20-12-11-19-29(31)35(41)42/h2,5-6,11-14,19-23,27-28H,3-4,7-10,15-18,24H2,1H3/b38-33+. The maximum Gasteiger partial charge on any atom is 0.282 e. The van der Waals surface area contributed by atoms with Gasteiger partial charge in [0.05, 0.1) is 23.3 Å². The highest BCUT2D eigenvalue weighted by molar-refractivity contribution is 6.54. The van der Waals surface area contributed by atoms with Crippen molar-refractivity contribution in [3.63, 3.8) is 0 Å². The summed E-state index contributed by atoms with van der Waals surface area (Å²) >= 11 is 0. The Labute approximate surface area is 252 Å². The first kappa shape index (κ1) is 27.7. The molecule has 0 bridgehead atoms. The van der Waals surface area contributed by atoms with Gasteiger partial charge in [-0.05, 0) is 56.9 Å². The molecule has 3 aromatic carbocycles. The SMILES string of the molecule is Cc1ccc2c(c1)/C(=N\n1c(-c3ccccc3)nc3ccccc3c1=O)C(=O)N2CN(C1CCCCC1)C1CCCCC1. The number of aromatic nitrogens is 2. The van der Waals surface area contributed by atoms with Gasteiger partial charge in [-0.1, -0.05) is 92.6 Å². The molecule has 0 saturated heterocycles. The molecule has 0 spiro atoms. The van der Waals surface area contributed by atoms with E-state index in [1.165, 1.54) is 68.9 Å². The molecule has 43 heavy (non-hydrogen) atoms. The molecule has 2 fully saturated rings. The Balaban J connectivity index is 1.34. The van der Waals surface area contributed by atoms with Crippen molar-refractivity contribution in [3.8, 4) is 11.4 Å². The second-order valence-corrected chi connectivity index (χ2v) is 12.4. The Morgan fingerprint density at radius 2 is 1.47 bits per heavy atom. The monoisotopic (exact) mass is 573 g/mol. The maximum atomic E-state index is 14.4. The van der Waals surface area contributed by atoms with E-state index in [1.807, 2.05) is 72.5 Å². The lowest BCUT2D eigenvalue weighted by Gasteiger charge is -2.43. The molecule has 1 amide bonds. The van der Waals surface area contributed by atoms with Gasteiger partial charge >= 0.3 is 0 Å². The molecule has 0 unspecified atom stereocenters. The number of carbonyl (C=O) groups excluding carboxylic acids is 1. The third kappa shape index (κ3) is 5.31. The molecule has 3 aliphatic rings. The van der Waals surface area contributed by atoms with Gasteiger partial charge in [-0.15, -0.1) is 0 Å². The maximum absolute atomic E-state index is 14.4. The zero-order chi connectivity index (χ0) is 29.3. The predicted octanol–water partition coefficient (Wildman–Crippen LogP) is 6.90. The molecular weight excluding hydrogens is 534 g/mol. The molecule has 1 aromatic heterocycles. The van der Waals surface area contributed by atoms with Crippen LogP contribution in [0.15, 0.2) is 82.7 Å². The first-order valence-electron chi connectivity index (χ1n) is 15.9. The van der Waals surface area contributed by atoms with Crippen molar-refractivity contribution in [2.24, 2.45) is 5.10 Å². The van der Waals surface area contributed by atoms with Gasteiger partial charge in [0.1, 0.15) is 0 Å². The zero-order valence-corrected chi connectivity index (χ0v) is 24.9. The van der Waals surface area contributed by atoms with Crippen molar-refractivity contribution in [1.29, 1.82) is 0 Å². The van der Waals surface area contributed by atoms with E-state index in [0.29, 0.717) is 41.2 Å². The third-order valence-electron chi connectivity index (χ3n) is 9.52. The Bertz CT molecular complexity index is 1710. The molecule has 7 rings (SSSR count). The number of fused-ring (bicyclic) bond motifs is 2. The fourth-order valence-corrected chi connectivity index (χ4v) is 7.27. The summed E-state index contributed by atoms with van der Waals surface area (Å²) in [7, 11) is 0. The normalized spacial score (nSPS) is 19.1. The van der Waals surface area contributed by atoms with Crippen molar-refractivity contribution in [2.45, 2.75) is 83.2 Å². The van der Waals surface area contributed by atoms with Crippen LogP contribution in [0.3, 0.4) is 0 Å². The molecule has 2 aliphatic carbocycles. The van der Waals surface area contributed by atoms with E-state index >= 15 is 0 Å². The van der Waals surface area contributed by atoms with E-state index in [4.69, 9.17) is 10.1 Å². The van der Waals surface area contributed by atoms with E-state index in [2.05, 4.69) is 11.0 Å². The zero-order valence-electron chi connectivity index (χ0n) is 24.9.